The van der Waals surface area contributed by atoms with E-state index >= 15 is 0 Å². The molecule has 0 saturated carbocycles. The van der Waals surface area contributed by atoms with Crippen molar-refractivity contribution in [3.05, 3.63) is 6.33 Å². The number of carbonyl (C=O) groups is 1. The fourth-order valence-corrected chi connectivity index (χ4v) is 3.20. The first-order valence-corrected chi connectivity index (χ1v) is 8.52. The Kier molecular flexibility index (Phi) is 4.19. The van der Waals surface area contributed by atoms with Crippen LogP contribution < -0.4 is 4.74 Å². The highest BCUT2D eigenvalue weighted by molar-refractivity contribution is 7.98. The molecule has 0 aliphatic carbocycles. The number of fused-ring (bicyclic) bond motifs is 1. The topological polar surface area (TPSA) is 73.1 Å². The zero-order chi connectivity index (χ0) is 15.7. The average Bonchev–Trinajstić information content (AvgIpc) is 3.12. The number of carbonyl (C=O) groups excluding carboxylic acids is 1. The molecule has 1 aliphatic heterocycles. The van der Waals surface area contributed by atoms with Crippen molar-refractivity contribution in [3.63, 3.8) is 0 Å². The molecule has 1 saturated heterocycles. The summed E-state index contributed by atoms with van der Waals surface area (Å²) >= 11 is 1.56. The molecule has 2 aromatic rings. The molecule has 1 unspecified atom stereocenters. The molecular formula is C14H19N5O2S. The summed E-state index contributed by atoms with van der Waals surface area (Å²) in [5.74, 6) is 0.665. The minimum Gasteiger partial charge on any atom is -0.471 e. The van der Waals surface area contributed by atoms with Gasteiger partial charge in [0.05, 0.1) is 6.54 Å². The van der Waals surface area contributed by atoms with Gasteiger partial charge in [-0.1, -0.05) is 18.7 Å². The van der Waals surface area contributed by atoms with Crippen LogP contribution >= 0.6 is 11.8 Å². The normalized spacial score (nSPS) is 18.1. The van der Waals surface area contributed by atoms with Gasteiger partial charge in [0.1, 0.15) is 12.4 Å². The minimum absolute atomic E-state index is 0.0339. The first-order chi connectivity index (χ1) is 10.6. The molecule has 0 aromatic carbocycles. The maximum atomic E-state index is 11.7. The number of nitrogens with zero attached hydrogens (tertiary/aromatic N) is 5. The van der Waals surface area contributed by atoms with Gasteiger partial charge >= 0.3 is 0 Å². The van der Waals surface area contributed by atoms with Gasteiger partial charge in [0.2, 0.25) is 11.8 Å². The zero-order valence-corrected chi connectivity index (χ0v) is 13.8. The van der Waals surface area contributed by atoms with Gasteiger partial charge < -0.3 is 14.2 Å². The molecule has 1 aliphatic rings. The quantitative estimate of drug-likeness (QED) is 0.794. The third kappa shape index (κ3) is 2.63. The van der Waals surface area contributed by atoms with E-state index in [0.717, 1.165) is 23.8 Å². The number of hydrogen-bond acceptors (Lipinski definition) is 6. The number of hydrogen-bond donors (Lipinski definition) is 0. The van der Waals surface area contributed by atoms with Crippen LogP contribution in [-0.2, 0) is 11.8 Å². The SMILES string of the molecule is CCC(=O)N1CCC(Oc2ncnc3c2nc(SC)n3C)C1. The van der Waals surface area contributed by atoms with Crippen molar-refractivity contribution in [1.82, 2.24) is 24.4 Å². The number of aromatic nitrogens is 4. The number of imidazole rings is 1. The second kappa shape index (κ2) is 6.12. The second-order valence-corrected chi connectivity index (χ2v) is 6.00. The summed E-state index contributed by atoms with van der Waals surface area (Å²) in [4.78, 5) is 26.6. The number of ether oxygens (including phenoxy) is 1. The molecule has 8 heteroatoms. The summed E-state index contributed by atoms with van der Waals surface area (Å²) in [5.41, 5.74) is 1.43. The monoisotopic (exact) mass is 321 g/mol. The molecule has 3 heterocycles. The summed E-state index contributed by atoms with van der Waals surface area (Å²) < 4.78 is 7.92. The molecule has 22 heavy (non-hydrogen) atoms. The van der Waals surface area contributed by atoms with Crippen molar-refractivity contribution >= 4 is 28.8 Å². The Labute approximate surface area is 133 Å². The molecule has 0 radical (unpaired) electrons. The molecule has 0 N–H and O–H groups in total. The number of thioether (sulfide) groups is 1. The van der Waals surface area contributed by atoms with Crippen LogP contribution in [0.2, 0.25) is 0 Å². The third-order valence-electron chi connectivity index (χ3n) is 3.84. The molecule has 1 amide bonds. The summed E-state index contributed by atoms with van der Waals surface area (Å²) in [6.07, 6.45) is 4.78. The van der Waals surface area contributed by atoms with Crippen LogP contribution in [0.25, 0.3) is 11.2 Å². The lowest BCUT2D eigenvalue weighted by Crippen LogP contribution is -2.30. The Morgan fingerprint density at radius 2 is 2.32 bits per heavy atom. The van der Waals surface area contributed by atoms with E-state index in [0.29, 0.717) is 24.4 Å². The Bertz CT molecular complexity index is 702. The molecule has 7 nitrogen and oxygen atoms in total. The lowest BCUT2D eigenvalue weighted by Gasteiger charge is -2.16. The van der Waals surface area contributed by atoms with Crippen LogP contribution in [0.15, 0.2) is 11.5 Å². The second-order valence-electron chi connectivity index (χ2n) is 5.23. The van der Waals surface area contributed by atoms with Crippen molar-refractivity contribution in [2.75, 3.05) is 19.3 Å². The summed E-state index contributed by atoms with van der Waals surface area (Å²) in [6.45, 7) is 3.23. The van der Waals surface area contributed by atoms with Crippen molar-refractivity contribution in [2.45, 2.75) is 31.0 Å². The highest BCUT2D eigenvalue weighted by atomic mass is 32.2. The van der Waals surface area contributed by atoms with Gasteiger partial charge in [-0.25, -0.2) is 9.97 Å². The van der Waals surface area contributed by atoms with Gasteiger partial charge in [0, 0.05) is 26.4 Å². The lowest BCUT2D eigenvalue weighted by atomic mass is 10.3. The van der Waals surface area contributed by atoms with E-state index in [4.69, 9.17) is 4.74 Å². The standard InChI is InChI=1S/C14H19N5O2S/c1-4-10(20)19-6-5-9(7-19)21-13-11-12(15-8-16-13)18(2)14(17-11)22-3/h8-9H,4-7H2,1-3H3. The van der Waals surface area contributed by atoms with E-state index in [-0.39, 0.29) is 12.0 Å². The highest BCUT2D eigenvalue weighted by Crippen LogP contribution is 2.27. The Morgan fingerprint density at radius 1 is 1.50 bits per heavy atom. The molecule has 1 fully saturated rings. The molecule has 0 spiro atoms. The summed E-state index contributed by atoms with van der Waals surface area (Å²) in [7, 11) is 1.93. The number of rotatable bonds is 4. The highest BCUT2D eigenvalue weighted by Gasteiger charge is 2.28. The van der Waals surface area contributed by atoms with Gasteiger partial charge in [-0.05, 0) is 6.26 Å². The average molecular weight is 321 g/mol. The van der Waals surface area contributed by atoms with Crippen LogP contribution in [0.1, 0.15) is 19.8 Å². The Hall–Kier alpha value is -1.83. The summed E-state index contributed by atoms with van der Waals surface area (Å²) in [5, 5.41) is 0.870. The van der Waals surface area contributed by atoms with Gasteiger partial charge in [0.25, 0.3) is 0 Å². The van der Waals surface area contributed by atoms with Crippen LogP contribution in [0.4, 0.5) is 0 Å². The van der Waals surface area contributed by atoms with Gasteiger partial charge in [0.15, 0.2) is 16.3 Å². The van der Waals surface area contributed by atoms with Crippen molar-refractivity contribution in [3.8, 4) is 5.88 Å². The fraction of sp³-hybridized carbons (Fsp3) is 0.571. The smallest absolute Gasteiger partial charge is 0.245 e. The van der Waals surface area contributed by atoms with E-state index in [1.54, 1.807) is 11.8 Å². The maximum Gasteiger partial charge on any atom is 0.245 e. The first-order valence-electron chi connectivity index (χ1n) is 7.29. The Balaban J connectivity index is 1.81. The molecule has 2 aromatic heterocycles. The molecule has 0 bridgehead atoms. The van der Waals surface area contributed by atoms with Crippen molar-refractivity contribution in [2.24, 2.45) is 7.05 Å². The molecular weight excluding hydrogens is 302 g/mol. The van der Waals surface area contributed by atoms with Crippen LogP contribution in [-0.4, -0.2) is 55.8 Å². The molecule has 3 rings (SSSR count). The predicted molar refractivity (Wildman–Crippen MR) is 84.0 cm³/mol. The van der Waals surface area contributed by atoms with E-state index in [9.17, 15) is 4.79 Å². The first kappa shape index (κ1) is 15.1. The van der Waals surface area contributed by atoms with Gasteiger partial charge in [-0.3, -0.25) is 4.79 Å². The van der Waals surface area contributed by atoms with Crippen LogP contribution in [0.3, 0.4) is 0 Å². The third-order valence-corrected chi connectivity index (χ3v) is 4.57. The van der Waals surface area contributed by atoms with Crippen molar-refractivity contribution in [1.29, 1.82) is 0 Å². The van der Waals surface area contributed by atoms with E-state index in [1.165, 1.54) is 6.33 Å². The van der Waals surface area contributed by atoms with E-state index < -0.39 is 0 Å². The number of likely N-dealkylation sites (tertiary alicyclic amines) is 1. The van der Waals surface area contributed by atoms with Crippen LogP contribution in [0.5, 0.6) is 5.88 Å². The number of aryl methyl sites for hydroxylation is 1. The number of amides is 1. The fourth-order valence-electron chi connectivity index (χ4n) is 2.66. The lowest BCUT2D eigenvalue weighted by molar-refractivity contribution is -0.130. The van der Waals surface area contributed by atoms with Crippen LogP contribution in [0, 0.1) is 0 Å². The van der Waals surface area contributed by atoms with Gasteiger partial charge in [-0.2, -0.15) is 4.98 Å². The zero-order valence-electron chi connectivity index (χ0n) is 12.9. The maximum absolute atomic E-state index is 11.7. The molecule has 1 atom stereocenters. The largest absolute Gasteiger partial charge is 0.471 e. The minimum atomic E-state index is -0.0339. The Morgan fingerprint density at radius 3 is 3.05 bits per heavy atom. The summed E-state index contributed by atoms with van der Waals surface area (Å²) in [6, 6.07) is 0. The van der Waals surface area contributed by atoms with E-state index in [2.05, 4.69) is 15.0 Å². The predicted octanol–water partition coefficient (Wildman–Crippen LogP) is 1.47. The van der Waals surface area contributed by atoms with E-state index in [1.807, 2.05) is 29.7 Å². The molecule has 118 valence electrons. The van der Waals surface area contributed by atoms with Gasteiger partial charge in [-0.15, -0.1) is 0 Å². The van der Waals surface area contributed by atoms with Crippen molar-refractivity contribution < 1.29 is 9.53 Å².